The number of hydrogen-bond donors (Lipinski definition) is 1. The third kappa shape index (κ3) is 2.40. The van der Waals surface area contributed by atoms with E-state index in [0.717, 1.165) is 12.8 Å². The topological polar surface area (TPSA) is 58.6 Å². The van der Waals surface area contributed by atoms with Crippen LogP contribution in [0.1, 0.15) is 25.3 Å². The van der Waals surface area contributed by atoms with Gasteiger partial charge in [0.2, 0.25) is 0 Å². The van der Waals surface area contributed by atoms with Crippen molar-refractivity contribution in [2.45, 2.75) is 31.4 Å². The molecule has 2 saturated heterocycles. The van der Waals surface area contributed by atoms with E-state index in [2.05, 4.69) is 5.32 Å². The number of carbonyl (C=O) groups excluding carboxylic acids is 2. The SMILES string of the molecule is C[C@@]1(c2ccccc2Cl)NC(=O)N(C[C@@H]2CCCO2)C1=O. The summed E-state index contributed by atoms with van der Waals surface area (Å²) in [5, 5.41) is 3.22. The van der Waals surface area contributed by atoms with E-state index in [1.54, 1.807) is 31.2 Å². The largest absolute Gasteiger partial charge is 0.376 e. The number of nitrogens with one attached hydrogen (secondary N) is 1. The molecule has 21 heavy (non-hydrogen) atoms. The van der Waals surface area contributed by atoms with Gasteiger partial charge < -0.3 is 10.1 Å². The number of ether oxygens (including phenoxy) is 1. The number of amides is 3. The van der Waals surface area contributed by atoms with Crippen molar-refractivity contribution in [3.8, 4) is 0 Å². The van der Waals surface area contributed by atoms with Gasteiger partial charge in [0.15, 0.2) is 0 Å². The first-order valence-corrected chi connectivity index (χ1v) is 7.41. The van der Waals surface area contributed by atoms with Gasteiger partial charge in [0.25, 0.3) is 5.91 Å². The smallest absolute Gasteiger partial charge is 0.325 e. The second-order valence-electron chi connectivity index (χ2n) is 5.59. The van der Waals surface area contributed by atoms with Gasteiger partial charge in [-0.05, 0) is 25.8 Å². The highest BCUT2D eigenvalue weighted by Gasteiger charge is 2.50. The minimum Gasteiger partial charge on any atom is -0.376 e. The van der Waals surface area contributed by atoms with Crippen LogP contribution >= 0.6 is 11.6 Å². The molecule has 2 fully saturated rings. The number of carbonyl (C=O) groups is 2. The lowest BCUT2D eigenvalue weighted by Gasteiger charge is -2.24. The van der Waals surface area contributed by atoms with Crippen LogP contribution in [0.2, 0.25) is 5.02 Å². The zero-order valence-corrected chi connectivity index (χ0v) is 12.5. The molecular formula is C15H17ClN2O3. The number of imide groups is 1. The van der Waals surface area contributed by atoms with Gasteiger partial charge in [-0.25, -0.2) is 4.79 Å². The van der Waals surface area contributed by atoms with Crippen LogP contribution in [0, 0.1) is 0 Å². The van der Waals surface area contributed by atoms with Crippen LogP contribution in [0.5, 0.6) is 0 Å². The van der Waals surface area contributed by atoms with E-state index in [9.17, 15) is 9.59 Å². The minimum absolute atomic E-state index is 0.0618. The first-order chi connectivity index (χ1) is 10.0. The Morgan fingerprint density at radius 2 is 2.19 bits per heavy atom. The number of benzene rings is 1. The maximum atomic E-state index is 12.7. The van der Waals surface area contributed by atoms with E-state index in [4.69, 9.17) is 16.3 Å². The van der Waals surface area contributed by atoms with Crippen molar-refractivity contribution in [3.05, 3.63) is 34.9 Å². The molecule has 2 aliphatic heterocycles. The molecule has 1 aromatic rings. The standard InChI is InChI=1S/C15H17ClN2O3/c1-15(11-6-2-3-7-12(11)16)13(19)18(14(20)17-15)9-10-5-4-8-21-10/h2-3,6-7,10H,4-5,8-9H2,1H3,(H,17,20)/t10-,15-/m0/s1. The van der Waals surface area contributed by atoms with Crippen molar-refractivity contribution in [2.75, 3.05) is 13.2 Å². The quantitative estimate of drug-likeness (QED) is 0.872. The van der Waals surface area contributed by atoms with Crippen LogP contribution in [0.25, 0.3) is 0 Å². The summed E-state index contributed by atoms with van der Waals surface area (Å²) >= 11 is 6.18. The predicted octanol–water partition coefficient (Wildman–Crippen LogP) is 2.29. The predicted molar refractivity (Wildman–Crippen MR) is 78.0 cm³/mol. The first-order valence-electron chi connectivity index (χ1n) is 7.03. The van der Waals surface area contributed by atoms with Gasteiger partial charge in [-0.3, -0.25) is 9.69 Å². The molecule has 0 radical (unpaired) electrons. The molecule has 3 amide bonds. The second kappa shape index (κ2) is 5.31. The van der Waals surface area contributed by atoms with Crippen molar-refractivity contribution in [1.29, 1.82) is 0 Å². The van der Waals surface area contributed by atoms with E-state index >= 15 is 0 Å². The second-order valence-corrected chi connectivity index (χ2v) is 5.99. The van der Waals surface area contributed by atoms with Gasteiger partial charge in [0.1, 0.15) is 5.54 Å². The molecule has 2 aliphatic rings. The number of hydrogen-bond acceptors (Lipinski definition) is 3. The Labute approximate surface area is 128 Å². The first kappa shape index (κ1) is 14.4. The summed E-state index contributed by atoms with van der Waals surface area (Å²) in [7, 11) is 0. The lowest BCUT2D eigenvalue weighted by Crippen LogP contribution is -2.42. The number of nitrogens with zero attached hydrogens (tertiary/aromatic N) is 1. The van der Waals surface area contributed by atoms with Crippen LogP contribution < -0.4 is 5.32 Å². The Morgan fingerprint density at radius 1 is 1.43 bits per heavy atom. The van der Waals surface area contributed by atoms with Crippen molar-refractivity contribution in [3.63, 3.8) is 0 Å². The highest BCUT2D eigenvalue weighted by atomic mass is 35.5. The molecule has 2 heterocycles. The molecule has 0 bridgehead atoms. The van der Waals surface area contributed by atoms with E-state index in [1.807, 2.05) is 0 Å². The Hall–Kier alpha value is -1.59. The molecule has 0 aliphatic carbocycles. The molecule has 0 unspecified atom stereocenters. The average molecular weight is 309 g/mol. The summed E-state index contributed by atoms with van der Waals surface area (Å²) in [6.07, 6.45) is 1.78. The van der Waals surface area contributed by atoms with Gasteiger partial charge in [0.05, 0.1) is 12.6 Å². The van der Waals surface area contributed by atoms with Crippen molar-refractivity contribution in [1.82, 2.24) is 10.2 Å². The number of urea groups is 1. The molecule has 1 aromatic carbocycles. The van der Waals surface area contributed by atoms with Gasteiger partial charge >= 0.3 is 6.03 Å². The van der Waals surface area contributed by atoms with Crippen LogP contribution in [0.4, 0.5) is 4.79 Å². The zero-order chi connectivity index (χ0) is 15.0. The monoisotopic (exact) mass is 308 g/mol. The van der Waals surface area contributed by atoms with Crippen molar-refractivity contribution in [2.24, 2.45) is 0 Å². The highest BCUT2D eigenvalue weighted by Crippen LogP contribution is 2.33. The highest BCUT2D eigenvalue weighted by molar-refractivity contribution is 6.32. The van der Waals surface area contributed by atoms with Crippen molar-refractivity contribution >= 4 is 23.5 Å². The van der Waals surface area contributed by atoms with Gasteiger partial charge in [-0.2, -0.15) is 0 Å². The Kier molecular flexibility index (Phi) is 3.63. The molecule has 5 nitrogen and oxygen atoms in total. The molecule has 0 aromatic heterocycles. The van der Waals surface area contributed by atoms with Crippen LogP contribution in [0.3, 0.4) is 0 Å². The molecule has 0 saturated carbocycles. The van der Waals surface area contributed by atoms with E-state index in [0.29, 0.717) is 23.7 Å². The Balaban J connectivity index is 1.87. The van der Waals surface area contributed by atoms with Crippen LogP contribution in [-0.2, 0) is 15.1 Å². The lowest BCUT2D eigenvalue weighted by molar-refractivity contribution is -0.132. The van der Waals surface area contributed by atoms with Gasteiger partial charge in [-0.1, -0.05) is 29.8 Å². The molecule has 6 heteroatoms. The summed E-state index contributed by atoms with van der Waals surface area (Å²) in [4.78, 5) is 26.1. The normalized spacial score (nSPS) is 29.0. The molecule has 3 rings (SSSR count). The number of rotatable bonds is 3. The fourth-order valence-electron chi connectivity index (χ4n) is 2.90. The fourth-order valence-corrected chi connectivity index (χ4v) is 3.23. The maximum Gasteiger partial charge on any atom is 0.325 e. The summed E-state index contributed by atoms with van der Waals surface area (Å²) < 4.78 is 5.51. The maximum absolute atomic E-state index is 12.7. The third-order valence-electron chi connectivity index (χ3n) is 4.10. The number of halogens is 1. The van der Waals surface area contributed by atoms with Gasteiger partial charge in [-0.15, -0.1) is 0 Å². The fraction of sp³-hybridized carbons (Fsp3) is 0.467. The molecule has 112 valence electrons. The minimum atomic E-state index is -1.12. The average Bonchev–Trinajstić information content (AvgIpc) is 3.03. The van der Waals surface area contributed by atoms with Gasteiger partial charge in [0, 0.05) is 17.2 Å². The Morgan fingerprint density at radius 3 is 2.86 bits per heavy atom. The summed E-state index contributed by atoms with van der Waals surface area (Å²) in [5.41, 5.74) is -0.506. The third-order valence-corrected chi connectivity index (χ3v) is 4.43. The molecular weight excluding hydrogens is 292 g/mol. The lowest BCUT2D eigenvalue weighted by atomic mass is 9.92. The molecule has 2 atom stereocenters. The van der Waals surface area contributed by atoms with E-state index in [-0.39, 0.29) is 12.0 Å². The molecule has 1 N–H and O–H groups in total. The van der Waals surface area contributed by atoms with Crippen LogP contribution in [-0.4, -0.2) is 36.1 Å². The van der Waals surface area contributed by atoms with Crippen molar-refractivity contribution < 1.29 is 14.3 Å². The summed E-state index contributed by atoms with van der Waals surface area (Å²) in [6, 6.07) is 6.67. The Bertz CT molecular complexity index is 586. The summed E-state index contributed by atoms with van der Waals surface area (Å²) in [5.74, 6) is -0.281. The molecule has 0 spiro atoms. The summed E-state index contributed by atoms with van der Waals surface area (Å²) in [6.45, 7) is 2.67. The zero-order valence-electron chi connectivity index (χ0n) is 11.8. The van der Waals surface area contributed by atoms with E-state index in [1.165, 1.54) is 4.90 Å². The van der Waals surface area contributed by atoms with Crippen LogP contribution in [0.15, 0.2) is 24.3 Å². The van der Waals surface area contributed by atoms with E-state index < -0.39 is 11.6 Å².